The first kappa shape index (κ1) is 17.9. The Balaban J connectivity index is 0. The van der Waals surface area contributed by atoms with Gasteiger partial charge in [0.1, 0.15) is 0 Å². The molecule has 0 bridgehead atoms. The fraction of sp³-hybridized carbons (Fsp3) is 1.00. The van der Waals surface area contributed by atoms with Gasteiger partial charge in [-0.3, -0.25) is 0 Å². The summed E-state index contributed by atoms with van der Waals surface area (Å²) in [6.45, 7) is 4.59. The second-order valence-electron chi connectivity index (χ2n) is 3.28. The zero-order valence-electron chi connectivity index (χ0n) is 9.15. The maximum Gasteiger partial charge on any atom is 0.239 e. The van der Waals surface area contributed by atoms with Gasteiger partial charge in [-0.05, 0) is 11.8 Å². The van der Waals surface area contributed by atoms with E-state index in [1.165, 1.54) is 25.7 Å². The van der Waals surface area contributed by atoms with Gasteiger partial charge < -0.3 is 9.79 Å². The molecular formula is C8H21O2PS2Zn. The van der Waals surface area contributed by atoms with Crippen molar-refractivity contribution in [1.82, 2.24) is 0 Å². The first-order valence-corrected chi connectivity index (χ1v) is 13.3. The van der Waals surface area contributed by atoms with Crippen LogP contribution >= 0.6 is 17.9 Å². The fourth-order valence-corrected chi connectivity index (χ4v) is 5.35. The summed E-state index contributed by atoms with van der Waals surface area (Å²) in [5.74, 6) is 0. The average Bonchev–Trinajstić information content (AvgIpc) is 2.01. The molecule has 14 heavy (non-hydrogen) atoms. The van der Waals surface area contributed by atoms with Crippen molar-refractivity contribution in [3.63, 3.8) is 0 Å². The van der Waals surface area contributed by atoms with Crippen molar-refractivity contribution < 1.29 is 26.9 Å². The van der Waals surface area contributed by atoms with Crippen LogP contribution in [-0.2, 0) is 28.9 Å². The molecule has 0 rings (SSSR count). The Morgan fingerprint density at radius 1 is 1.14 bits per heavy atom. The predicted molar refractivity (Wildman–Crippen MR) is 67.1 cm³/mol. The van der Waals surface area contributed by atoms with E-state index in [4.69, 9.17) is 9.79 Å². The van der Waals surface area contributed by atoms with Crippen molar-refractivity contribution >= 4 is 29.7 Å². The molecule has 0 fully saturated rings. The molecule has 0 aromatic carbocycles. The summed E-state index contributed by atoms with van der Waals surface area (Å²) in [4.78, 5) is 15.7. The van der Waals surface area contributed by atoms with Crippen molar-refractivity contribution in [2.75, 3.05) is 0 Å². The van der Waals surface area contributed by atoms with Crippen molar-refractivity contribution in [3.05, 3.63) is 0 Å². The molecule has 0 aliphatic rings. The van der Waals surface area contributed by atoms with Crippen LogP contribution in [0.5, 0.6) is 0 Å². The van der Waals surface area contributed by atoms with Gasteiger partial charge in [0.05, 0.1) is 0 Å². The maximum absolute atomic E-state index is 7.87. The first-order chi connectivity index (χ1) is 6.41. The van der Waals surface area contributed by atoms with Crippen molar-refractivity contribution in [3.8, 4) is 0 Å². The number of hydrogen-bond donors (Lipinski definition) is 3. The third-order valence-electron chi connectivity index (χ3n) is 1.71. The minimum atomic E-state index is -3.11. The van der Waals surface area contributed by atoms with E-state index in [1.54, 1.807) is 10.0 Å². The number of hydrogen-bond acceptors (Lipinski definition) is 1. The standard InChI is InChI=1S/2C4H9.H3O2PS2.Zn/c2*1-3-4-2;1-3(2,4)5;/h2*1,3-4H2,2H3;(H3,1,2,4,5);. The fourth-order valence-electron chi connectivity index (χ4n) is 1.03. The molecule has 6 heteroatoms. The van der Waals surface area contributed by atoms with Crippen LogP contribution in [0.3, 0.4) is 0 Å². The van der Waals surface area contributed by atoms with E-state index in [-0.39, 0.29) is 17.1 Å². The van der Waals surface area contributed by atoms with Crippen LogP contribution in [0.25, 0.3) is 0 Å². The molecule has 0 aliphatic heterocycles. The van der Waals surface area contributed by atoms with E-state index < -0.39 is 5.69 Å². The van der Waals surface area contributed by atoms with Gasteiger partial charge in [-0.2, -0.15) is 0 Å². The Morgan fingerprint density at radius 2 is 1.43 bits per heavy atom. The third-order valence-corrected chi connectivity index (χ3v) is 5.90. The topological polar surface area (TPSA) is 40.5 Å². The molecule has 0 unspecified atom stereocenters. The zero-order chi connectivity index (χ0) is 11.4. The summed E-state index contributed by atoms with van der Waals surface area (Å²) in [6, 6.07) is 0. The Labute approximate surface area is 106 Å². The van der Waals surface area contributed by atoms with Crippen LogP contribution in [0.2, 0.25) is 10.0 Å². The van der Waals surface area contributed by atoms with Gasteiger partial charge in [-0.15, -0.1) is 0 Å². The first-order valence-electron chi connectivity index (χ1n) is 5.20. The van der Waals surface area contributed by atoms with Crippen LogP contribution in [0.15, 0.2) is 0 Å². The number of thiol groups is 1. The molecule has 2 N–H and O–H groups in total. The minimum Gasteiger partial charge on any atom is -0.338 e. The Hall–Kier alpha value is 1.54. The minimum absolute atomic E-state index is 0.0146. The van der Waals surface area contributed by atoms with E-state index >= 15 is 0 Å². The molecule has 0 aromatic heterocycles. The molecule has 0 saturated heterocycles. The quantitative estimate of drug-likeness (QED) is 0.304. The summed E-state index contributed by atoms with van der Waals surface area (Å²) in [7, 11) is 0. The summed E-state index contributed by atoms with van der Waals surface area (Å²) in [5, 5.41) is 3.28. The molecular weight excluding hydrogens is 289 g/mol. The molecule has 0 atom stereocenters. The summed E-state index contributed by atoms with van der Waals surface area (Å²) in [5.41, 5.74) is -3.11. The summed E-state index contributed by atoms with van der Waals surface area (Å²) < 4.78 is 0. The van der Waals surface area contributed by atoms with Crippen LogP contribution in [0.4, 0.5) is 0 Å². The average molecular weight is 310 g/mol. The van der Waals surface area contributed by atoms with Gasteiger partial charge in [-0.25, -0.2) is 0 Å². The molecule has 0 spiro atoms. The van der Waals surface area contributed by atoms with E-state index in [9.17, 15) is 0 Å². The molecule has 84 valence electrons. The van der Waals surface area contributed by atoms with Gasteiger partial charge in [0, 0.05) is 0 Å². The third kappa shape index (κ3) is 37.4. The van der Waals surface area contributed by atoms with E-state index in [0.717, 1.165) is 0 Å². The molecule has 0 amide bonds. The van der Waals surface area contributed by atoms with Gasteiger partial charge in [0.2, 0.25) is 5.69 Å². The monoisotopic (exact) mass is 308 g/mol. The zero-order valence-corrected chi connectivity index (χ0v) is 14.7. The van der Waals surface area contributed by atoms with E-state index in [1.807, 2.05) is 0 Å². The van der Waals surface area contributed by atoms with Crippen LogP contribution in [-0.4, -0.2) is 9.79 Å². The Kier molecular flexibility index (Phi) is 16.1. The predicted octanol–water partition coefficient (Wildman–Crippen LogP) is 3.63. The van der Waals surface area contributed by atoms with Gasteiger partial charge in [0.15, 0.2) is 0 Å². The summed E-state index contributed by atoms with van der Waals surface area (Å²) in [6.07, 6.45) is 5.86. The number of unbranched alkanes of at least 4 members (excludes halogenated alkanes) is 2. The Morgan fingerprint density at radius 3 is 1.64 bits per heavy atom. The molecule has 0 aliphatic carbocycles. The van der Waals surface area contributed by atoms with E-state index in [0.29, 0.717) is 0 Å². The van der Waals surface area contributed by atoms with Gasteiger partial charge >= 0.3 is 66.7 Å². The SMILES string of the molecule is CCC[CH2][Zn][CH2]CCC.OP(O)(=S)S. The summed E-state index contributed by atoms with van der Waals surface area (Å²) >= 11 is 7.09. The van der Waals surface area contributed by atoms with Gasteiger partial charge in [0.25, 0.3) is 0 Å². The number of rotatable bonds is 6. The van der Waals surface area contributed by atoms with Crippen LogP contribution < -0.4 is 0 Å². The van der Waals surface area contributed by atoms with Crippen LogP contribution in [0.1, 0.15) is 39.5 Å². The van der Waals surface area contributed by atoms with Crippen molar-refractivity contribution in [1.29, 1.82) is 0 Å². The second kappa shape index (κ2) is 12.6. The molecule has 0 saturated carbocycles. The maximum atomic E-state index is 7.87. The largest absolute Gasteiger partial charge is 0.338 e. The molecule has 0 radical (unpaired) electrons. The molecule has 0 heterocycles. The van der Waals surface area contributed by atoms with Gasteiger partial charge in [-0.1, -0.05) is 12.2 Å². The molecule has 0 aromatic rings. The normalized spacial score (nSPS) is 10.1. The second-order valence-corrected chi connectivity index (χ2v) is 12.8. The van der Waals surface area contributed by atoms with E-state index in [2.05, 4.69) is 37.9 Å². The van der Waals surface area contributed by atoms with Crippen molar-refractivity contribution in [2.45, 2.75) is 49.6 Å². The van der Waals surface area contributed by atoms with Crippen molar-refractivity contribution in [2.24, 2.45) is 0 Å². The smallest absolute Gasteiger partial charge is 0.239 e. The van der Waals surface area contributed by atoms with Crippen LogP contribution in [0, 0.1) is 0 Å². The molecule has 2 nitrogen and oxygen atoms in total. The Bertz CT molecular complexity index is 138.